The first kappa shape index (κ1) is 10.7. The summed E-state index contributed by atoms with van der Waals surface area (Å²) in [6.45, 7) is 1.92. The lowest BCUT2D eigenvalue weighted by molar-refractivity contribution is -0.120. The van der Waals surface area contributed by atoms with E-state index in [1.165, 1.54) is 0 Å². The summed E-state index contributed by atoms with van der Waals surface area (Å²) >= 11 is 0. The van der Waals surface area contributed by atoms with Crippen LogP contribution in [-0.2, 0) is 11.2 Å². The Hall–Kier alpha value is -1.42. The van der Waals surface area contributed by atoms with Crippen LogP contribution in [0.4, 0.5) is 0 Å². The molecule has 1 amide bonds. The number of aliphatic hydroxyl groups is 1. The molecule has 0 bridgehead atoms. The van der Waals surface area contributed by atoms with Gasteiger partial charge in [-0.05, 0) is 18.6 Å². The highest BCUT2D eigenvalue weighted by atomic mass is 16.3. The predicted molar refractivity (Wildman–Crippen MR) is 52.6 cm³/mol. The zero-order chi connectivity index (χ0) is 10.4. The summed E-state index contributed by atoms with van der Waals surface area (Å²) in [6, 6.07) is 3.63. The molecule has 0 saturated carbocycles. The van der Waals surface area contributed by atoms with Crippen molar-refractivity contribution >= 4 is 5.91 Å². The maximum atomic E-state index is 11.3. The second-order valence-corrected chi connectivity index (χ2v) is 3.19. The number of amides is 1. The molecule has 1 rings (SSSR count). The Morgan fingerprint density at radius 2 is 2.50 bits per heavy atom. The molecule has 0 saturated heterocycles. The predicted octanol–water partition coefficient (Wildman–Crippen LogP) is 0.121. The smallest absolute Gasteiger partial charge is 0.224 e. The van der Waals surface area contributed by atoms with Crippen molar-refractivity contribution in [3.8, 4) is 0 Å². The SMILES string of the molecule is CC(O)CNC(=O)Cc1cccnc1. The Kier molecular flexibility index (Phi) is 4.07. The molecule has 0 aliphatic rings. The number of aliphatic hydroxyl groups excluding tert-OH is 1. The second-order valence-electron chi connectivity index (χ2n) is 3.19. The summed E-state index contributed by atoms with van der Waals surface area (Å²) in [5.74, 6) is -0.0982. The van der Waals surface area contributed by atoms with E-state index in [0.29, 0.717) is 13.0 Å². The number of pyridine rings is 1. The minimum absolute atomic E-state index is 0.0982. The second kappa shape index (κ2) is 5.34. The fourth-order valence-corrected chi connectivity index (χ4v) is 1.01. The van der Waals surface area contributed by atoms with Crippen LogP contribution >= 0.6 is 0 Å². The first-order valence-electron chi connectivity index (χ1n) is 4.52. The van der Waals surface area contributed by atoms with Gasteiger partial charge in [-0.25, -0.2) is 0 Å². The summed E-state index contributed by atoms with van der Waals surface area (Å²) in [4.78, 5) is 15.2. The van der Waals surface area contributed by atoms with Gasteiger partial charge >= 0.3 is 0 Å². The third-order valence-electron chi connectivity index (χ3n) is 1.68. The quantitative estimate of drug-likeness (QED) is 0.715. The van der Waals surface area contributed by atoms with Crippen LogP contribution in [-0.4, -0.2) is 28.6 Å². The molecule has 1 aromatic heterocycles. The minimum Gasteiger partial charge on any atom is -0.392 e. The van der Waals surface area contributed by atoms with Gasteiger partial charge in [0.25, 0.3) is 0 Å². The topological polar surface area (TPSA) is 62.2 Å². The fourth-order valence-electron chi connectivity index (χ4n) is 1.01. The van der Waals surface area contributed by atoms with Gasteiger partial charge in [0.05, 0.1) is 12.5 Å². The van der Waals surface area contributed by atoms with Gasteiger partial charge in [-0.15, -0.1) is 0 Å². The van der Waals surface area contributed by atoms with E-state index in [0.717, 1.165) is 5.56 Å². The van der Waals surface area contributed by atoms with Crippen LogP contribution in [0, 0.1) is 0 Å². The van der Waals surface area contributed by atoms with Gasteiger partial charge in [-0.3, -0.25) is 9.78 Å². The number of nitrogens with zero attached hydrogens (tertiary/aromatic N) is 1. The number of nitrogens with one attached hydrogen (secondary N) is 1. The van der Waals surface area contributed by atoms with E-state index in [4.69, 9.17) is 5.11 Å². The van der Waals surface area contributed by atoms with Gasteiger partial charge in [-0.1, -0.05) is 6.07 Å². The summed E-state index contributed by atoms with van der Waals surface area (Å²) < 4.78 is 0. The zero-order valence-corrected chi connectivity index (χ0v) is 8.10. The number of hydrogen-bond acceptors (Lipinski definition) is 3. The van der Waals surface area contributed by atoms with Gasteiger partial charge in [0, 0.05) is 18.9 Å². The minimum atomic E-state index is -0.507. The summed E-state index contributed by atoms with van der Waals surface area (Å²) in [5, 5.41) is 11.6. The number of aromatic nitrogens is 1. The van der Waals surface area contributed by atoms with E-state index in [1.807, 2.05) is 6.07 Å². The molecule has 0 fully saturated rings. The highest BCUT2D eigenvalue weighted by Crippen LogP contribution is 1.96. The number of rotatable bonds is 4. The van der Waals surface area contributed by atoms with E-state index in [2.05, 4.69) is 10.3 Å². The molecule has 0 radical (unpaired) electrons. The van der Waals surface area contributed by atoms with Crippen molar-refractivity contribution in [1.82, 2.24) is 10.3 Å². The lowest BCUT2D eigenvalue weighted by atomic mass is 10.2. The zero-order valence-electron chi connectivity index (χ0n) is 8.10. The molecule has 0 spiro atoms. The Bertz CT molecular complexity index is 285. The molecule has 14 heavy (non-hydrogen) atoms. The van der Waals surface area contributed by atoms with Crippen LogP contribution in [0.15, 0.2) is 24.5 Å². The lowest BCUT2D eigenvalue weighted by Gasteiger charge is -2.06. The third kappa shape index (κ3) is 4.00. The largest absolute Gasteiger partial charge is 0.392 e. The van der Waals surface area contributed by atoms with Gasteiger partial charge in [-0.2, -0.15) is 0 Å². The van der Waals surface area contributed by atoms with Crippen molar-refractivity contribution in [1.29, 1.82) is 0 Å². The highest BCUT2D eigenvalue weighted by molar-refractivity contribution is 5.78. The Morgan fingerprint density at radius 1 is 1.71 bits per heavy atom. The standard InChI is InChI=1S/C10H14N2O2/c1-8(13)6-12-10(14)5-9-3-2-4-11-7-9/h2-4,7-8,13H,5-6H2,1H3,(H,12,14). The maximum Gasteiger partial charge on any atom is 0.224 e. The molecular formula is C10H14N2O2. The number of carbonyl (C=O) groups is 1. The Balaban J connectivity index is 2.35. The van der Waals surface area contributed by atoms with Crippen LogP contribution in [0.2, 0.25) is 0 Å². The molecule has 4 nitrogen and oxygen atoms in total. The van der Waals surface area contributed by atoms with Crippen molar-refractivity contribution in [3.63, 3.8) is 0 Å². The van der Waals surface area contributed by atoms with Crippen molar-refractivity contribution in [2.45, 2.75) is 19.4 Å². The van der Waals surface area contributed by atoms with E-state index < -0.39 is 6.10 Å². The normalized spacial score (nSPS) is 12.1. The highest BCUT2D eigenvalue weighted by Gasteiger charge is 2.03. The molecule has 76 valence electrons. The lowest BCUT2D eigenvalue weighted by Crippen LogP contribution is -2.31. The molecule has 2 N–H and O–H groups in total. The van der Waals surface area contributed by atoms with E-state index in [-0.39, 0.29) is 5.91 Å². The fraction of sp³-hybridized carbons (Fsp3) is 0.400. The average Bonchev–Trinajstić information content (AvgIpc) is 2.16. The van der Waals surface area contributed by atoms with Crippen LogP contribution in [0.3, 0.4) is 0 Å². The third-order valence-corrected chi connectivity index (χ3v) is 1.68. The van der Waals surface area contributed by atoms with E-state index in [9.17, 15) is 4.79 Å². The molecule has 1 aromatic rings. The molecule has 0 aliphatic carbocycles. The molecule has 1 unspecified atom stereocenters. The van der Waals surface area contributed by atoms with Gasteiger partial charge in [0.1, 0.15) is 0 Å². The summed E-state index contributed by atoms with van der Waals surface area (Å²) in [7, 11) is 0. The first-order chi connectivity index (χ1) is 6.68. The first-order valence-corrected chi connectivity index (χ1v) is 4.52. The Labute approximate surface area is 83.0 Å². The molecule has 1 atom stereocenters. The van der Waals surface area contributed by atoms with E-state index >= 15 is 0 Å². The van der Waals surface area contributed by atoms with Gasteiger partial charge in [0.15, 0.2) is 0 Å². The number of carbonyl (C=O) groups excluding carboxylic acids is 1. The van der Waals surface area contributed by atoms with Crippen LogP contribution in [0.5, 0.6) is 0 Å². The van der Waals surface area contributed by atoms with E-state index in [1.54, 1.807) is 25.4 Å². The summed E-state index contributed by atoms with van der Waals surface area (Å²) in [6.07, 6.45) is 3.12. The Morgan fingerprint density at radius 3 is 3.07 bits per heavy atom. The van der Waals surface area contributed by atoms with Crippen molar-refractivity contribution in [2.24, 2.45) is 0 Å². The number of hydrogen-bond donors (Lipinski definition) is 2. The molecule has 0 aromatic carbocycles. The van der Waals surface area contributed by atoms with Crippen LogP contribution in [0.25, 0.3) is 0 Å². The van der Waals surface area contributed by atoms with Crippen molar-refractivity contribution in [2.75, 3.05) is 6.54 Å². The maximum absolute atomic E-state index is 11.3. The molecule has 4 heteroatoms. The summed E-state index contributed by atoms with van der Waals surface area (Å²) in [5.41, 5.74) is 0.871. The molecular weight excluding hydrogens is 180 g/mol. The van der Waals surface area contributed by atoms with Crippen molar-refractivity contribution < 1.29 is 9.90 Å². The van der Waals surface area contributed by atoms with Crippen molar-refractivity contribution in [3.05, 3.63) is 30.1 Å². The van der Waals surface area contributed by atoms with Gasteiger partial charge < -0.3 is 10.4 Å². The molecule has 1 heterocycles. The van der Waals surface area contributed by atoms with Gasteiger partial charge in [0.2, 0.25) is 5.91 Å². The van der Waals surface area contributed by atoms with Crippen LogP contribution in [0.1, 0.15) is 12.5 Å². The average molecular weight is 194 g/mol. The molecule has 0 aliphatic heterocycles. The monoisotopic (exact) mass is 194 g/mol. The van der Waals surface area contributed by atoms with Crippen LogP contribution < -0.4 is 5.32 Å².